The van der Waals surface area contributed by atoms with Gasteiger partial charge in [0, 0.05) is 30.9 Å². The van der Waals surface area contributed by atoms with Gasteiger partial charge in [0.15, 0.2) is 6.04 Å². The summed E-state index contributed by atoms with van der Waals surface area (Å²) in [6.45, 7) is 7.24. The number of pyridine rings is 1. The van der Waals surface area contributed by atoms with E-state index in [1.807, 2.05) is 5.32 Å². The van der Waals surface area contributed by atoms with Gasteiger partial charge in [-0.3, -0.25) is 14.6 Å². The molecule has 1 unspecified atom stereocenters. The molecule has 0 aliphatic carbocycles. The molecule has 1 aliphatic rings. The van der Waals surface area contributed by atoms with E-state index >= 15 is 0 Å². The number of anilines is 1. The zero-order valence-electron chi connectivity index (χ0n) is 22.7. The third-order valence-electron chi connectivity index (χ3n) is 6.25. The minimum atomic E-state index is -5.07. The summed E-state index contributed by atoms with van der Waals surface area (Å²) in [6.07, 6.45) is -8.31. The van der Waals surface area contributed by atoms with Crippen molar-refractivity contribution in [2.45, 2.75) is 90.0 Å². The molecule has 2 heterocycles. The highest BCUT2D eigenvalue weighted by Gasteiger charge is 2.41. The van der Waals surface area contributed by atoms with E-state index in [4.69, 9.17) is 12.2 Å². The minimum Gasteiger partial charge on any atom is -0.389 e. The summed E-state index contributed by atoms with van der Waals surface area (Å²) in [5.41, 5.74) is -3.66. The fourth-order valence-corrected chi connectivity index (χ4v) is 4.34. The van der Waals surface area contributed by atoms with Gasteiger partial charge in [0.25, 0.3) is 11.8 Å². The highest BCUT2D eigenvalue weighted by Crippen LogP contribution is 2.35. The van der Waals surface area contributed by atoms with E-state index in [-0.39, 0.29) is 18.3 Å². The molecule has 2 amide bonds. The first-order valence-corrected chi connectivity index (χ1v) is 13.0. The van der Waals surface area contributed by atoms with Crippen molar-refractivity contribution in [3.05, 3.63) is 23.4 Å². The predicted octanol–water partition coefficient (Wildman–Crippen LogP) is 4.30. The van der Waals surface area contributed by atoms with Crippen LogP contribution in [-0.2, 0) is 15.8 Å². The predicted molar refractivity (Wildman–Crippen MR) is 141 cm³/mol. The van der Waals surface area contributed by atoms with Gasteiger partial charge in [0.05, 0.1) is 21.7 Å². The van der Waals surface area contributed by atoms with Crippen LogP contribution in [0.3, 0.4) is 0 Å². The molecular formula is C25H33F6N5O3S. The third kappa shape index (κ3) is 8.85. The van der Waals surface area contributed by atoms with E-state index in [2.05, 4.69) is 15.3 Å². The smallest absolute Gasteiger partial charge is 0.389 e. The number of nitrogens with one attached hydrogen (secondary N) is 2. The van der Waals surface area contributed by atoms with Gasteiger partial charge in [-0.1, -0.05) is 19.1 Å². The maximum Gasteiger partial charge on any atom is 0.417 e. The molecule has 224 valence electrons. The largest absolute Gasteiger partial charge is 0.417 e. The lowest BCUT2D eigenvalue weighted by Gasteiger charge is -2.27. The summed E-state index contributed by atoms with van der Waals surface area (Å²) in [6, 6.07) is -3.71. The molecular weight excluding hydrogens is 564 g/mol. The number of aromatic nitrogens is 1. The number of likely N-dealkylation sites (tertiary alicyclic amines) is 1. The zero-order chi connectivity index (χ0) is 30.6. The van der Waals surface area contributed by atoms with Crippen molar-refractivity contribution in [2.24, 2.45) is 4.99 Å². The summed E-state index contributed by atoms with van der Waals surface area (Å²) in [5, 5.41) is 14.2. The number of thiocarbonyl (C=S) groups is 1. The van der Waals surface area contributed by atoms with Crippen molar-refractivity contribution in [1.82, 2.24) is 15.2 Å². The number of rotatable bonds is 10. The number of carbonyl (C=O) groups is 2. The van der Waals surface area contributed by atoms with E-state index in [0.29, 0.717) is 31.6 Å². The van der Waals surface area contributed by atoms with Crippen LogP contribution < -0.4 is 10.6 Å². The van der Waals surface area contributed by atoms with E-state index in [9.17, 15) is 41.0 Å². The van der Waals surface area contributed by atoms with Gasteiger partial charge < -0.3 is 20.6 Å². The van der Waals surface area contributed by atoms with Gasteiger partial charge in [-0.25, -0.2) is 4.98 Å². The standard InChI is InChI=1S/C25H33F6N5O3S/c1-6-17(25(29,30)31)35-18-10-16(24(26,27)28)15(11-32-18)20(40)19(22(38)36-9-7-8-13(36)2)34-14(3)21(37)33-12-23(4,5)39/h10-11,13,17,19,39H,6-9,12H2,1-5H3,(H,32,35)(H,33,37)/b34-14+/t13-,17+,19?/m0/s1. The van der Waals surface area contributed by atoms with Crippen LogP contribution in [-0.4, -0.2) is 80.4 Å². The molecule has 2 rings (SSSR count). The number of aliphatic imine (C=N–C) groups is 1. The lowest BCUT2D eigenvalue weighted by molar-refractivity contribution is -0.143. The fourth-order valence-electron chi connectivity index (χ4n) is 4.03. The molecule has 3 N–H and O–H groups in total. The van der Waals surface area contributed by atoms with Gasteiger partial charge in [-0.05, 0) is 53.0 Å². The summed E-state index contributed by atoms with van der Waals surface area (Å²) < 4.78 is 81.9. The average molecular weight is 598 g/mol. The van der Waals surface area contributed by atoms with Crippen molar-refractivity contribution in [2.75, 3.05) is 18.4 Å². The van der Waals surface area contributed by atoms with Gasteiger partial charge in [0.2, 0.25) is 0 Å². The number of alkyl halides is 6. The lowest BCUT2D eigenvalue weighted by atomic mass is 10.00. The summed E-state index contributed by atoms with van der Waals surface area (Å²) in [5.74, 6) is -2.17. The number of amides is 2. The average Bonchev–Trinajstić information content (AvgIpc) is 3.27. The van der Waals surface area contributed by atoms with Crippen molar-refractivity contribution in [3.63, 3.8) is 0 Å². The first kappa shape index (κ1) is 33.4. The number of nitrogens with zero attached hydrogens (tertiary/aromatic N) is 3. The van der Waals surface area contributed by atoms with Crippen LogP contribution in [0.5, 0.6) is 0 Å². The van der Waals surface area contributed by atoms with Crippen molar-refractivity contribution in [1.29, 1.82) is 0 Å². The van der Waals surface area contributed by atoms with E-state index in [0.717, 1.165) is 0 Å². The Morgan fingerprint density at radius 2 is 1.88 bits per heavy atom. The lowest BCUT2D eigenvalue weighted by Crippen LogP contribution is -2.45. The molecule has 0 bridgehead atoms. The second-order valence-electron chi connectivity index (χ2n) is 10.3. The monoisotopic (exact) mass is 597 g/mol. The molecule has 0 spiro atoms. The summed E-state index contributed by atoms with van der Waals surface area (Å²) in [7, 11) is 0. The van der Waals surface area contributed by atoms with E-state index < -0.39 is 70.1 Å². The number of aliphatic hydroxyl groups is 1. The van der Waals surface area contributed by atoms with Gasteiger partial charge in [-0.15, -0.1) is 0 Å². The van der Waals surface area contributed by atoms with Crippen LogP contribution in [0.2, 0.25) is 0 Å². The normalized spacial score (nSPS) is 18.4. The molecule has 1 aromatic rings. The Morgan fingerprint density at radius 1 is 1.25 bits per heavy atom. The molecule has 15 heteroatoms. The molecule has 40 heavy (non-hydrogen) atoms. The molecule has 0 radical (unpaired) electrons. The van der Waals surface area contributed by atoms with Crippen LogP contribution in [0.1, 0.15) is 65.0 Å². The van der Waals surface area contributed by atoms with Crippen LogP contribution in [0.15, 0.2) is 17.3 Å². The number of halogens is 6. The number of carbonyl (C=O) groups excluding carboxylic acids is 2. The number of hydrogen-bond acceptors (Lipinski definition) is 7. The van der Waals surface area contributed by atoms with Gasteiger partial charge in [-0.2, -0.15) is 26.3 Å². The van der Waals surface area contributed by atoms with Crippen LogP contribution in [0.25, 0.3) is 0 Å². The Kier molecular flexibility index (Phi) is 10.7. The van der Waals surface area contributed by atoms with E-state index in [1.165, 1.54) is 32.6 Å². The summed E-state index contributed by atoms with van der Waals surface area (Å²) >= 11 is 5.32. The quantitative estimate of drug-likeness (QED) is 0.161. The SMILES string of the molecule is CC[C@@H](Nc1cc(C(F)(F)F)c(C(=S)C(/N=C(\C)C(=O)NCC(C)(C)O)C(=O)N2CCC[C@@H]2C)cn1)C(F)(F)F. The Bertz CT molecular complexity index is 1130. The topological polar surface area (TPSA) is 107 Å². The van der Waals surface area contributed by atoms with Crippen molar-refractivity contribution < 1.29 is 41.0 Å². The Labute approximate surface area is 233 Å². The molecule has 0 aromatic carbocycles. The molecule has 1 saturated heterocycles. The van der Waals surface area contributed by atoms with Gasteiger partial charge >= 0.3 is 12.4 Å². The first-order valence-electron chi connectivity index (χ1n) is 12.6. The Hall–Kier alpha value is -2.81. The molecule has 1 fully saturated rings. The highest BCUT2D eigenvalue weighted by atomic mass is 32.1. The number of hydrogen-bond donors (Lipinski definition) is 3. The maximum atomic E-state index is 14.1. The van der Waals surface area contributed by atoms with Crippen LogP contribution in [0, 0.1) is 0 Å². The summed E-state index contributed by atoms with van der Waals surface area (Å²) in [4.78, 5) is 34.7. The zero-order valence-corrected chi connectivity index (χ0v) is 23.5. The van der Waals surface area contributed by atoms with Crippen molar-refractivity contribution >= 4 is 40.4 Å². The third-order valence-corrected chi connectivity index (χ3v) is 6.69. The molecule has 8 nitrogen and oxygen atoms in total. The van der Waals surface area contributed by atoms with E-state index in [1.54, 1.807) is 6.92 Å². The first-order chi connectivity index (χ1) is 18.3. The minimum absolute atomic E-state index is 0.168. The van der Waals surface area contributed by atoms with Gasteiger partial charge in [0.1, 0.15) is 11.9 Å². The molecule has 3 atom stereocenters. The molecule has 0 saturated carbocycles. The second kappa shape index (κ2) is 12.8. The fraction of sp³-hybridized carbons (Fsp3) is 0.640. The Morgan fingerprint density at radius 3 is 2.35 bits per heavy atom. The van der Waals surface area contributed by atoms with Crippen LogP contribution in [0.4, 0.5) is 32.2 Å². The second-order valence-corrected chi connectivity index (χ2v) is 10.7. The molecule has 1 aromatic heterocycles. The molecule has 1 aliphatic heterocycles. The maximum absolute atomic E-state index is 14.1. The Balaban J connectivity index is 2.55. The highest BCUT2D eigenvalue weighted by molar-refractivity contribution is 7.81. The van der Waals surface area contributed by atoms with Crippen molar-refractivity contribution in [3.8, 4) is 0 Å². The van der Waals surface area contributed by atoms with Crippen LogP contribution >= 0.6 is 12.2 Å².